The van der Waals surface area contributed by atoms with Gasteiger partial charge in [0.05, 0.1) is 6.33 Å². The molecule has 0 aromatic carbocycles. The second kappa shape index (κ2) is 5.42. The first-order valence-electron chi connectivity index (χ1n) is 5.58. The smallest absolute Gasteiger partial charge is 0.200 e. The Morgan fingerprint density at radius 3 is 2.83 bits per heavy atom. The van der Waals surface area contributed by atoms with Gasteiger partial charge in [0.15, 0.2) is 10.6 Å². The summed E-state index contributed by atoms with van der Waals surface area (Å²) < 4.78 is 2.21. The third kappa shape index (κ3) is 2.50. The van der Waals surface area contributed by atoms with Crippen LogP contribution in [0.3, 0.4) is 0 Å². The second-order valence-corrected chi connectivity index (χ2v) is 4.47. The van der Waals surface area contributed by atoms with E-state index >= 15 is 0 Å². The van der Waals surface area contributed by atoms with Crippen molar-refractivity contribution >= 4 is 29.3 Å². The minimum absolute atomic E-state index is 0.0389. The molecular formula is C10H15N5O2S. The van der Waals surface area contributed by atoms with Crippen LogP contribution in [0, 0.1) is 10.6 Å². The molecule has 18 heavy (non-hydrogen) atoms. The third-order valence-corrected chi connectivity index (χ3v) is 3.09. The molecule has 0 aliphatic heterocycles. The Morgan fingerprint density at radius 2 is 2.17 bits per heavy atom. The molecule has 0 spiro atoms. The number of hydrogen-bond acceptors (Lipinski definition) is 6. The molecule has 2 aromatic heterocycles. The average Bonchev–Trinajstić information content (AvgIpc) is 2.74. The van der Waals surface area contributed by atoms with Gasteiger partial charge >= 0.3 is 0 Å². The fourth-order valence-electron chi connectivity index (χ4n) is 1.71. The summed E-state index contributed by atoms with van der Waals surface area (Å²) in [5.41, 5.74) is 6.92. The van der Waals surface area contributed by atoms with Crippen molar-refractivity contribution in [1.29, 1.82) is 0 Å². The summed E-state index contributed by atoms with van der Waals surface area (Å²) in [4.78, 5) is 11.0. The lowest BCUT2D eigenvalue weighted by Gasteiger charge is -2.11. The summed E-state index contributed by atoms with van der Waals surface area (Å²) in [5, 5.41) is 18.0. The van der Waals surface area contributed by atoms with Crippen molar-refractivity contribution in [3.8, 4) is 0 Å². The SMILES string of the molecule is Nc1nc(=S)c2ncn(CCC(CO)CO)c2[nH]1. The lowest BCUT2D eigenvalue weighted by Crippen LogP contribution is -2.14. The number of aliphatic hydroxyl groups excluding tert-OH is 2. The molecule has 0 saturated heterocycles. The van der Waals surface area contributed by atoms with Gasteiger partial charge in [-0.15, -0.1) is 0 Å². The van der Waals surface area contributed by atoms with Gasteiger partial charge in [-0.25, -0.2) is 9.97 Å². The van der Waals surface area contributed by atoms with Gasteiger partial charge in [0, 0.05) is 25.7 Å². The van der Waals surface area contributed by atoms with E-state index in [1.165, 1.54) is 0 Å². The number of aliphatic hydroxyl groups is 2. The molecule has 0 amide bonds. The zero-order valence-corrected chi connectivity index (χ0v) is 10.5. The molecule has 0 fully saturated rings. The van der Waals surface area contributed by atoms with E-state index in [2.05, 4.69) is 15.0 Å². The minimum atomic E-state index is -0.135. The highest BCUT2D eigenvalue weighted by molar-refractivity contribution is 7.71. The molecule has 0 radical (unpaired) electrons. The molecule has 0 aliphatic rings. The van der Waals surface area contributed by atoms with Gasteiger partial charge < -0.3 is 25.5 Å². The highest BCUT2D eigenvalue weighted by Gasteiger charge is 2.10. The van der Waals surface area contributed by atoms with Gasteiger partial charge in [0.1, 0.15) is 11.2 Å². The third-order valence-electron chi connectivity index (χ3n) is 2.80. The fourth-order valence-corrected chi connectivity index (χ4v) is 1.96. The van der Waals surface area contributed by atoms with Crippen LogP contribution in [0.5, 0.6) is 0 Å². The van der Waals surface area contributed by atoms with Crippen molar-refractivity contribution in [2.24, 2.45) is 5.92 Å². The molecule has 7 nitrogen and oxygen atoms in total. The molecule has 0 unspecified atom stereocenters. The summed E-state index contributed by atoms with van der Waals surface area (Å²) in [7, 11) is 0. The summed E-state index contributed by atoms with van der Waals surface area (Å²) in [6, 6.07) is 0. The maximum atomic E-state index is 9.02. The molecule has 2 heterocycles. The van der Waals surface area contributed by atoms with Gasteiger partial charge in [0.2, 0.25) is 0 Å². The molecule has 98 valence electrons. The summed E-state index contributed by atoms with van der Waals surface area (Å²) >= 11 is 5.07. The molecule has 0 bridgehead atoms. The number of nitrogens with two attached hydrogens (primary N) is 1. The minimum Gasteiger partial charge on any atom is -0.396 e. The van der Waals surface area contributed by atoms with Crippen LogP contribution in [0.15, 0.2) is 6.33 Å². The number of aromatic nitrogens is 4. The number of rotatable bonds is 5. The first-order valence-corrected chi connectivity index (χ1v) is 5.99. The van der Waals surface area contributed by atoms with E-state index in [1.54, 1.807) is 6.33 Å². The van der Waals surface area contributed by atoms with Crippen LogP contribution in [0.2, 0.25) is 0 Å². The van der Waals surface area contributed by atoms with Crippen molar-refractivity contribution in [2.45, 2.75) is 13.0 Å². The number of aryl methyl sites for hydroxylation is 1. The predicted octanol–water partition coefficient (Wildman–Crippen LogP) is 0.0620. The number of nitrogens with one attached hydrogen (secondary N) is 1. The lowest BCUT2D eigenvalue weighted by atomic mass is 10.1. The summed E-state index contributed by atoms with van der Waals surface area (Å²) in [6.07, 6.45) is 2.28. The first-order chi connectivity index (χ1) is 8.65. The van der Waals surface area contributed by atoms with Crippen LogP contribution >= 0.6 is 12.2 Å². The van der Waals surface area contributed by atoms with E-state index in [0.717, 1.165) is 0 Å². The van der Waals surface area contributed by atoms with Crippen molar-refractivity contribution in [2.75, 3.05) is 18.9 Å². The normalized spacial score (nSPS) is 11.5. The Balaban J connectivity index is 2.27. The van der Waals surface area contributed by atoms with Crippen molar-refractivity contribution in [3.63, 3.8) is 0 Å². The topological polar surface area (TPSA) is 113 Å². The molecule has 0 aliphatic carbocycles. The van der Waals surface area contributed by atoms with Gasteiger partial charge in [-0.1, -0.05) is 12.2 Å². The molecule has 5 N–H and O–H groups in total. The van der Waals surface area contributed by atoms with Crippen LogP contribution in [0.25, 0.3) is 11.2 Å². The number of fused-ring (bicyclic) bond motifs is 1. The van der Waals surface area contributed by atoms with Gasteiger partial charge in [-0.3, -0.25) is 0 Å². The lowest BCUT2D eigenvalue weighted by molar-refractivity contribution is 0.140. The average molecular weight is 269 g/mol. The number of H-pyrrole nitrogens is 1. The number of nitrogen functional groups attached to an aromatic ring is 1. The monoisotopic (exact) mass is 269 g/mol. The number of anilines is 1. The standard InChI is InChI=1S/C10H15N5O2S/c11-10-13-8-7(9(18)14-10)12-5-15(8)2-1-6(3-16)4-17/h5-6,16-17H,1-4H2,(H3,11,13,14,18). The van der Waals surface area contributed by atoms with E-state index in [9.17, 15) is 0 Å². The molecule has 2 rings (SSSR count). The highest BCUT2D eigenvalue weighted by atomic mass is 32.1. The van der Waals surface area contributed by atoms with Crippen LogP contribution in [-0.2, 0) is 6.54 Å². The summed E-state index contributed by atoms with van der Waals surface area (Å²) in [5.74, 6) is 0.111. The maximum absolute atomic E-state index is 9.02. The van der Waals surface area contributed by atoms with E-state index in [4.69, 9.17) is 28.2 Å². The Kier molecular flexibility index (Phi) is 3.90. The number of nitrogens with zero attached hydrogens (tertiary/aromatic N) is 3. The predicted molar refractivity (Wildman–Crippen MR) is 69.4 cm³/mol. The zero-order chi connectivity index (χ0) is 13.1. The molecule has 0 saturated carbocycles. The molecular weight excluding hydrogens is 254 g/mol. The zero-order valence-electron chi connectivity index (χ0n) is 9.70. The van der Waals surface area contributed by atoms with Gasteiger partial charge in [0.25, 0.3) is 0 Å². The van der Waals surface area contributed by atoms with Crippen molar-refractivity contribution < 1.29 is 10.2 Å². The van der Waals surface area contributed by atoms with E-state index < -0.39 is 0 Å². The highest BCUT2D eigenvalue weighted by Crippen LogP contribution is 2.14. The van der Waals surface area contributed by atoms with Gasteiger partial charge in [-0.2, -0.15) is 0 Å². The van der Waals surface area contributed by atoms with E-state index in [0.29, 0.717) is 28.8 Å². The molecule has 8 heteroatoms. The Bertz CT molecular complexity index is 589. The van der Waals surface area contributed by atoms with Crippen LogP contribution in [-0.4, -0.2) is 42.9 Å². The molecule has 0 atom stereocenters. The summed E-state index contributed by atoms with van der Waals surface area (Å²) in [6.45, 7) is 0.530. The number of imidazole rings is 1. The Morgan fingerprint density at radius 1 is 1.44 bits per heavy atom. The Hall–Kier alpha value is -1.51. The Labute approximate surface area is 108 Å². The number of aromatic amines is 1. The quantitative estimate of drug-likeness (QED) is 0.571. The van der Waals surface area contributed by atoms with Crippen LogP contribution < -0.4 is 5.73 Å². The van der Waals surface area contributed by atoms with Gasteiger partial charge in [-0.05, 0) is 6.42 Å². The fraction of sp³-hybridized carbons (Fsp3) is 0.500. The number of hydrogen-bond donors (Lipinski definition) is 4. The van der Waals surface area contributed by atoms with E-state index in [-0.39, 0.29) is 25.1 Å². The first kappa shape index (κ1) is 12.9. The second-order valence-electron chi connectivity index (χ2n) is 4.08. The van der Waals surface area contributed by atoms with Crippen molar-refractivity contribution in [3.05, 3.63) is 11.0 Å². The molecule has 2 aromatic rings. The largest absolute Gasteiger partial charge is 0.396 e. The van der Waals surface area contributed by atoms with E-state index in [1.807, 2.05) is 4.57 Å². The van der Waals surface area contributed by atoms with Crippen LogP contribution in [0.1, 0.15) is 6.42 Å². The van der Waals surface area contributed by atoms with Crippen molar-refractivity contribution in [1.82, 2.24) is 19.5 Å². The maximum Gasteiger partial charge on any atom is 0.200 e. The van der Waals surface area contributed by atoms with Crippen LogP contribution in [0.4, 0.5) is 5.95 Å².